The van der Waals surface area contributed by atoms with Crippen LogP contribution >= 0.6 is 0 Å². The van der Waals surface area contributed by atoms with Crippen molar-refractivity contribution < 1.29 is 9.22 Å². The zero-order valence-corrected chi connectivity index (χ0v) is 11.1. The van der Waals surface area contributed by atoms with E-state index in [1.165, 1.54) is 6.08 Å². The van der Waals surface area contributed by atoms with Gasteiger partial charge in [0.05, 0.1) is 6.61 Å². The van der Waals surface area contributed by atoms with Crippen molar-refractivity contribution in [2.75, 3.05) is 13.2 Å². The summed E-state index contributed by atoms with van der Waals surface area (Å²) in [6.07, 6.45) is 1.28. The summed E-state index contributed by atoms with van der Waals surface area (Å²) in [5.74, 6) is -0.129. The van der Waals surface area contributed by atoms with E-state index < -0.39 is 8.32 Å². The van der Waals surface area contributed by atoms with Crippen LogP contribution in [0.15, 0.2) is 12.7 Å². The highest BCUT2D eigenvalue weighted by atomic mass is 28.4. The first-order valence-corrected chi connectivity index (χ1v) is 8.21. The number of hydrogen-bond donors (Lipinski definition) is 1. The molecule has 0 aromatic carbocycles. The standard InChI is InChI=1S/C11H23NO2Si/c1-5-11(13)12-9-10-14-15(6-2,7-3)8-4/h5H,1,6-10H2,2-4H3,(H,12,13). The van der Waals surface area contributed by atoms with Crippen LogP contribution in [-0.4, -0.2) is 27.4 Å². The predicted molar refractivity (Wildman–Crippen MR) is 66.4 cm³/mol. The number of carbonyl (C=O) groups is 1. The molecule has 0 saturated carbocycles. The van der Waals surface area contributed by atoms with Crippen molar-refractivity contribution in [2.45, 2.75) is 38.9 Å². The number of hydrogen-bond acceptors (Lipinski definition) is 2. The first kappa shape index (κ1) is 14.4. The first-order valence-electron chi connectivity index (χ1n) is 5.68. The zero-order valence-electron chi connectivity index (χ0n) is 10.1. The van der Waals surface area contributed by atoms with Gasteiger partial charge in [-0.05, 0) is 24.2 Å². The lowest BCUT2D eigenvalue weighted by Crippen LogP contribution is -2.38. The van der Waals surface area contributed by atoms with Gasteiger partial charge in [-0.1, -0.05) is 27.4 Å². The maximum absolute atomic E-state index is 10.9. The molecular formula is C11H23NO2Si. The molecule has 0 saturated heterocycles. The fourth-order valence-electron chi connectivity index (χ4n) is 1.57. The molecule has 0 heterocycles. The molecule has 0 unspecified atom stereocenters. The van der Waals surface area contributed by atoms with Gasteiger partial charge in [-0.2, -0.15) is 0 Å². The molecule has 0 bridgehead atoms. The summed E-state index contributed by atoms with van der Waals surface area (Å²) >= 11 is 0. The Morgan fingerprint density at radius 3 is 2.27 bits per heavy atom. The molecule has 1 N–H and O–H groups in total. The molecule has 0 aliphatic rings. The van der Waals surface area contributed by atoms with Gasteiger partial charge in [0.1, 0.15) is 0 Å². The Morgan fingerprint density at radius 2 is 1.87 bits per heavy atom. The lowest BCUT2D eigenvalue weighted by Gasteiger charge is -2.27. The maximum atomic E-state index is 10.9. The molecule has 0 aromatic heterocycles. The van der Waals surface area contributed by atoms with Crippen molar-refractivity contribution >= 4 is 14.2 Å². The van der Waals surface area contributed by atoms with Crippen LogP contribution in [0, 0.1) is 0 Å². The molecule has 0 aliphatic heterocycles. The number of nitrogens with one attached hydrogen (secondary N) is 1. The van der Waals surface area contributed by atoms with E-state index in [2.05, 4.69) is 32.7 Å². The predicted octanol–water partition coefficient (Wildman–Crippen LogP) is 2.31. The topological polar surface area (TPSA) is 38.3 Å². The van der Waals surface area contributed by atoms with Gasteiger partial charge in [0.25, 0.3) is 0 Å². The number of carbonyl (C=O) groups excluding carboxylic acids is 1. The third kappa shape index (κ3) is 5.13. The largest absolute Gasteiger partial charge is 0.415 e. The van der Waals surface area contributed by atoms with Crippen LogP contribution in [-0.2, 0) is 9.22 Å². The van der Waals surface area contributed by atoms with Crippen LogP contribution < -0.4 is 5.32 Å². The van der Waals surface area contributed by atoms with Crippen molar-refractivity contribution in [1.82, 2.24) is 5.32 Å². The van der Waals surface area contributed by atoms with Crippen molar-refractivity contribution in [3.63, 3.8) is 0 Å². The van der Waals surface area contributed by atoms with Crippen LogP contribution in [0.2, 0.25) is 18.1 Å². The average Bonchev–Trinajstić information content (AvgIpc) is 2.30. The molecule has 88 valence electrons. The molecule has 4 heteroatoms. The van der Waals surface area contributed by atoms with E-state index in [-0.39, 0.29) is 5.91 Å². The van der Waals surface area contributed by atoms with Gasteiger partial charge < -0.3 is 9.74 Å². The summed E-state index contributed by atoms with van der Waals surface area (Å²) in [7, 11) is -1.48. The quantitative estimate of drug-likeness (QED) is 0.394. The summed E-state index contributed by atoms with van der Waals surface area (Å²) in [5.41, 5.74) is 0. The highest BCUT2D eigenvalue weighted by Gasteiger charge is 2.28. The molecular weight excluding hydrogens is 206 g/mol. The van der Waals surface area contributed by atoms with Crippen LogP contribution in [0.1, 0.15) is 20.8 Å². The summed E-state index contributed by atoms with van der Waals surface area (Å²) in [6.45, 7) is 11.2. The molecule has 1 amide bonds. The Bertz CT molecular complexity index is 194. The highest BCUT2D eigenvalue weighted by Crippen LogP contribution is 2.20. The molecule has 0 spiro atoms. The summed E-state index contributed by atoms with van der Waals surface area (Å²) < 4.78 is 5.96. The fourth-order valence-corrected chi connectivity index (χ4v) is 4.22. The highest BCUT2D eigenvalue weighted by molar-refractivity contribution is 6.73. The van der Waals surface area contributed by atoms with Gasteiger partial charge in [-0.3, -0.25) is 4.79 Å². The smallest absolute Gasteiger partial charge is 0.243 e. The van der Waals surface area contributed by atoms with E-state index in [9.17, 15) is 4.79 Å². The number of rotatable bonds is 8. The van der Waals surface area contributed by atoms with Gasteiger partial charge in [0.2, 0.25) is 5.91 Å². The molecule has 0 rings (SSSR count). The minimum atomic E-state index is -1.48. The molecule has 3 nitrogen and oxygen atoms in total. The van der Waals surface area contributed by atoms with Gasteiger partial charge in [0, 0.05) is 6.54 Å². The van der Waals surface area contributed by atoms with E-state index in [4.69, 9.17) is 4.43 Å². The molecule has 0 atom stereocenters. The van der Waals surface area contributed by atoms with Crippen LogP contribution in [0.4, 0.5) is 0 Å². The molecule has 0 aliphatic carbocycles. The van der Waals surface area contributed by atoms with Crippen molar-refractivity contribution in [1.29, 1.82) is 0 Å². The Balaban J connectivity index is 3.81. The normalized spacial score (nSPS) is 11.1. The maximum Gasteiger partial charge on any atom is 0.243 e. The summed E-state index contributed by atoms with van der Waals surface area (Å²) in [5, 5.41) is 2.72. The summed E-state index contributed by atoms with van der Waals surface area (Å²) in [4.78, 5) is 10.9. The molecule has 0 radical (unpaired) electrons. The average molecular weight is 229 g/mol. The monoisotopic (exact) mass is 229 g/mol. The van der Waals surface area contributed by atoms with E-state index in [1.807, 2.05) is 0 Å². The van der Waals surface area contributed by atoms with Gasteiger partial charge in [-0.25, -0.2) is 0 Å². The Hall–Kier alpha value is -0.613. The molecule has 0 fully saturated rings. The third-order valence-corrected chi connectivity index (χ3v) is 7.61. The third-order valence-electron chi connectivity index (χ3n) is 2.93. The van der Waals surface area contributed by atoms with Crippen molar-refractivity contribution in [2.24, 2.45) is 0 Å². The lowest BCUT2D eigenvalue weighted by molar-refractivity contribution is -0.116. The lowest BCUT2D eigenvalue weighted by atomic mass is 10.5. The van der Waals surface area contributed by atoms with Gasteiger partial charge >= 0.3 is 0 Å². The summed E-state index contributed by atoms with van der Waals surface area (Å²) in [6, 6.07) is 3.44. The minimum absolute atomic E-state index is 0.129. The first-order chi connectivity index (χ1) is 7.14. The molecule has 15 heavy (non-hydrogen) atoms. The van der Waals surface area contributed by atoms with E-state index in [1.54, 1.807) is 0 Å². The van der Waals surface area contributed by atoms with E-state index in [0.29, 0.717) is 13.2 Å². The second-order valence-corrected chi connectivity index (χ2v) is 8.36. The second kappa shape index (κ2) is 7.65. The Labute approximate surface area is 94.0 Å². The van der Waals surface area contributed by atoms with Gasteiger partial charge in [-0.15, -0.1) is 0 Å². The second-order valence-electron chi connectivity index (χ2n) is 3.59. The van der Waals surface area contributed by atoms with E-state index >= 15 is 0 Å². The van der Waals surface area contributed by atoms with E-state index in [0.717, 1.165) is 18.1 Å². The SMILES string of the molecule is C=CC(=O)NCCO[Si](CC)(CC)CC. The zero-order chi connectivity index (χ0) is 11.7. The fraction of sp³-hybridized carbons (Fsp3) is 0.727. The Morgan fingerprint density at radius 1 is 1.33 bits per heavy atom. The van der Waals surface area contributed by atoms with Crippen molar-refractivity contribution in [3.8, 4) is 0 Å². The minimum Gasteiger partial charge on any atom is -0.415 e. The molecule has 0 aromatic rings. The van der Waals surface area contributed by atoms with Crippen molar-refractivity contribution in [3.05, 3.63) is 12.7 Å². The number of amides is 1. The Kier molecular flexibility index (Phi) is 7.34. The van der Waals surface area contributed by atoms with Crippen LogP contribution in [0.3, 0.4) is 0 Å². The van der Waals surface area contributed by atoms with Gasteiger partial charge in [0.15, 0.2) is 8.32 Å². The van der Waals surface area contributed by atoms with Crippen LogP contribution in [0.25, 0.3) is 0 Å². The van der Waals surface area contributed by atoms with Crippen LogP contribution in [0.5, 0.6) is 0 Å².